The van der Waals surface area contributed by atoms with Crippen molar-refractivity contribution in [1.82, 2.24) is 19.7 Å². The molecular formula is C21H19N5O2. The Hall–Kier alpha value is -3.87. The number of carbonyl (C=O) groups is 1. The van der Waals surface area contributed by atoms with Gasteiger partial charge in [-0.2, -0.15) is 9.78 Å². The van der Waals surface area contributed by atoms with Crippen LogP contribution in [0.2, 0.25) is 0 Å². The number of carbonyl (C=O) groups excluding carboxylic acids is 1. The van der Waals surface area contributed by atoms with Crippen LogP contribution in [-0.2, 0) is 4.79 Å². The van der Waals surface area contributed by atoms with E-state index in [2.05, 4.69) is 20.4 Å². The molecule has 0 spiro atoms. The summed E-state index contributed by atoms with van der Waals surface area (Å²) in [6.07, 6.45) is 3.22. The third-order valence-electron chi connectivity index (χ3n) is 4.20. The number of anilines is 1. The number of aromatic nitrogens is 4. The molecule has 0 aliphatic rings. The number of para-hydroxylation sites is 2. The largest absolute Gasteiger partial charge is 0.497 e. The van der Waals surface area contributed by atoms with Crippen LogP contribution in [0.5, 0.6) is 5.75 Å². The topological polar surface area (TPSA) is 84.8 Å². The fourth-order valence-electron chi connectivity index (χ4n) is 2.84. The van der Waals surface area contributed by atoms with Crippen LogP contribution in [0.25, 0.3) is 23.1 Å². The lowest BCUT2D eigenvalue weighted by molar-refractivity contribution is -0.111. The van der Waals surface area contributed by atoms with Crippen molar-refractivity contribution in [3.63, 3.8) is 0 Å². The van der Waals surface area contributed by atoms with Crippen LogP contribution in [-0.4, -0.2) is 32.8 Å². The smallest absolute Gasteiger partial charge is 0.249 e. The fourth-order valence-corrected chi connectivity index (χ4v) is 2.84. The van der Waals surface area contributed by atoms with Gasteiger partial charge in [-0.15, -0.1) is 0 Å². The molecule has 140 valence electrons. The number of methoxy groups -OCH3 is 1. The summed E-state index contributed by atoms with van der Waals surface area (Å²) < 4.78 is 6.72. The monoisotopic (exact) mass is 373 g/mol. The molecule has 0 radical (unpaired) electrons. The number of nitrogens with zero attached hydrogens (tertiary/aromatic N) is 3. The summed E-state index contributed by atoms with van der Waals surface area (Å²) in [5, 5.41) is 7.29. The molecule has 2 heterocycles. The lowest BCUT2D eigenvalue weighted by atomic mass is 10.2. The quantitative estimate of drug-likeness (QED) is 0.522. The maximum absolute atomic E-state index is 12.4. The van der Waals surface area contributed by atoms with E-state index in [1.54, 1.807) is 23.9 Å². The van der Waals surface area contributed by atoms with E-state index in [4.69, 9.17) is 4.74 Å². The molecule has 2 N–H and O–H groups in total. The first-order valence-corrected chi connectivity index (χ1v) is 8.77. The first-order chi connectivity index (χ1) is 13.6. The van der Waals surface area contributed by atoms with Crippen LogP contribution < -0.4 is 10.1 Å². The summed E-state index contributed by atoms with van der Waals surface area (Å²) in [6.45, 7) is 1.86. The minimum absolute atomic E-state index is 0.256. The van der Waals surface area contributed by atoms with Gasteiger partial charge in [-0.3, -0.25) is 4.79 Å². The number of H-pyrrole nitrogens is 1. The highest BCUT2D eigenvalue weighted by atomic mass is 16.5. The molecule has 0 saturated heterocycles. The van der Waals surface area contributed by atoms with E-state index in [9.17, 15) is 4.79 Å². The number of amides is 1. The predicted octanol–water partition coefficient (Wildman–Crippen LogP) is 3.72. The Morgan fingerprint density at radius 2 is 1.96 bits per heavy atom. The minimum Gasteiger partial charge on any atom is -0.497 e. The Kier molecular flexibility index (Phi) is 4.63. The summed E-state index contributed by atoms with van der Waals surface area (Å²) in [6, 6.07) is 17.0. The van der Waals surface area contributed by atoms with Crippen molar-refractivity contribution in [3.8, 4) is 11.7 Å². The van der Waals surface area contributed by atoms with Crippen LogP contribution in [0.3, 0.4) is 0 Å². The van der Waals surface area contributed by atoms with Crippen molar-refractivity contribution in [2.45, 2.75) is 6.92 Å². The molecule has 2 aromatic carbocycles. The summed E-state index contributed by atoms with van der Waals surface area (Å²) in [5.74, 6) is 1.60. The Morgan fingerprint density at radius 1 is 1.18 bits per heavy atom. The van der Waals surface area contributed by atoms with Gasteiger partial charge in [0.05, 0.1) is 23.8 Å². The number of rotatable bonds is 5. The second-order valence-corrected chi connectivity index (χ2v) is 6.26. The molecule has 0 aliphatic carbocycles. The van der Waals surface area contributed by atoms with Gasteiger partial charge in [0.25, 0.3) is 0 Å². The zero-order valence-electron chi connectivity index (χ0n) is 15.5. The van der Waals surface area contributed by atoms with Crippen molar-refractivity contribution < 1.29 is 9.53 Å². The Morgan fingerprint density at radius 3 is 2.71 bits per heavy atom. The lowest BCUT2D eigenvalue weighted by Gasteiger charge is -2.04. The number of hydrogen-bond acceptors (Lipinski definition) is 4. The number of aryl methyl sites for hydroxylation is 1. The average molecular weight is 373 g/mol. The first-order valence-electron chi connectivity index (χ1n) is 8.77. The number of benzene rings is 2. The van der Waals surface area contributed by atoms with Gasteiger partial charge >= 0.3 is 0 Å². The molecule has 0 fully saturated rings. The zero-order chi connectivity index (χ0) is 19.5. The second-order valence-electron chi connectivity index (χ2n) is 6.26. The molecule has 4 rings (SSSR count). The van der Waals surface area contributed by atoms with Gasteiger partial charge < -0.3 is 15.0 Å². The van der Waals surface area contributed by atoms with E-state index in [-0.39, 0.29) is 5.91 Å². The molecule has 0 unspecified atom stereocenters. The Labute approximate surface area is 161 Å². The molecule has 4 aromatic rings. The van der Waals surface area contributed by atoms with Crippen LogP contribution in [0.1, 0.15) is 11.3 Å². The molecule has 7 nitrogen and oxygen atoms in total. The SMILES string of the molecule is COc1ccc(/C=C/C(=O)Nc2cc(C)nn2-c2nc3ccccc3[nH]2)cc1. The number of imidazole rings is 1. The lowest BCUT2D eigenvalue weighted by Crippen LogP contribution is -2.13. The number of hydrogen-bond donors (Lipinski definition) is 2. The van der Waals surface area contributed by atoms with E-state index in [1.165, 1.54) is 6.08 Å². The van der Waals surface area contributed by atoms with Gasteiger partial charge in [0.15, 0.2) is 0 Å². The van der Waals surface area contributed by atoms with Gasteiger partial charge in [-0.25, -0.2) is 4.98 Å². The van der Waals surface area contributed by atoms with E-state index in [0.29, 0.717) is 11.8 Å². The average Bonchev–Trinajstić information content (AvgIpc) is 3.29. The molecule has 0 aliphatic heterocycles. The molecule has 28 heavy (non-hydrogen) atoms. The van der Waals surface area contributed by atoms with E-state index < -0.39 is 0 Å². The standard InChI is InChI=1S/C21H19N5O2/c1-14-13-19(24-20(27)12-9-15-7-10-16(28-2)11-8-15)26(25-14)21-22-17-5-3-4-6-18(17)23-21/h3-13H,1-2H3,(H,22,23)(H,24,27)/b12-9+. The van der Waals surface area contributed by atoms with Gasteiger partial charge in [-0.1, -0.05) is 24.3 Å². The van der Waals surface area contributed by atoms with E-state index in [0.717, 1.165) is 28.0 Å². The highest BCUT2D eigenvalue weighted by Crippen LogP contribution is 2.19. The number of aromatic amines is 1. The van der Waals surface area contributed by atoms with Crippen molar-refractivity contribution in [2.75, 3.05) is 12.4 Å². The summed E-state index contributed by atoms with van der Waals surface area (Å²) in [5.41, 5.74) is 3.41. The summed E-state index contributed by atoms with van der Waals surface area (Å²) >= 11 is 0. The van der Waals surface area contributed by atoms with Crippen molar-refractivity contribution in [3.05, 3.63) is 71.9 Å². The molecule has 0 atom stereocenters. The number of ether oxygens (including phenoxy) is 1. The molecule has 2 aromatic heterocycles. The maximum atomic E-state index is 12.4. The third kappa shape index (κ3) is 3.64. The van der Waals surface area contributed by atoms with Crippen LogP contribution in [0.4, 0.5) is 5.82 Å². The van der Waals surface area contributed by atoms with Crippen LogP contribution in [0, 0.1) is 6.92 Å². The number of fused-ring (bicyclic) bond motifs is 1. The maximum Gasteiger partial charge on any atom is 0.249 e. The van der Waals surface area contributed by atoms with Gasteiger partial charge in [-0.05, 0) is 42.8 Å². The zero-order valence-corrected chi connectivity index (χ0v) is 15.5. The second kappa shape index (κ2) is 7.40. The highest BCUT2D eigenvalue weighted by Gasteiger charge is 2.13. The van der Waals surface area contributed by atoms with E-state index in [1.807, 2.05) is 55.5 Å². The van der Waals surface area contributed by atoms with Crippen LogP contribution in [0.15, 0.2) is 60.7 Å². The Bertz CT molecular complexity index is 1120. The molecule has 1 amide bonds. The molecular weight excluding hydrogens is 354 g/mol. The van der Waals surface area contributed by atoms with E-state index >= 15 is 0 Å². The van der Waals surface area contributed by atoms with Gasteiger partial charge in [0.1, 0.15) is 11.6 Å². The van der Waals surface area contributed by atoms with Crippen molar-refractivity contribution in [1.29, 1.82) is 0 Å². The van der Waals surface area contributed by atoms with Crippen LogP contribution >= 0.6 is 0 Å². The highest BCUT2D eigenvalue weighted by molar-refractivity contribution is 6.01. The first kappa shape index (κ1) is 17.5. The fraction of sp³-hybridized carbons (Fsp3) is 0.0952. The normalized spacial score (nSPS) is 11.2. The summed E-state index contributed by atoms with van der Waals surface area (Å²) in [7, 11) is 1.62. The van der Waals surface area contributed by atoms with Gasteiger partial charge in [0, 0.05) is 12.1 Å². The minimum atomic E-state index is -0.256. The molecule has 7 heteroatoms. The predicted molar refractivity (Wildman–Crippen MR) is 109 cm³/mol. The molecule has 0 saturated carbocycles. The van der Waals surface area contributed by atoms with Crippen molar-refractivity contribution in [2.24, 2.45) is 0 Å². The Balaban J connectivity index is 1.54. The number of nitrogens with one attached hydrogen (secondary N) is 2. The molecule has 0 bridgehead atoms. The van der Waals surface area contributed by atoms with Crippen molar-refractivity contribution >= 4 is 28.8 Å². The summed E-state index contributed by atoms with van der Waals surface area (Å²) in [4.78, 5) is 20.1. The third-order valence-corrected chi connectivity index (χ3v) is 4.20. The van der Waals surface area contributed by atoms with Gasteiger partial charge in [0.2, 0.25) is 11.9 Å².